The number of hydrogen-bond acceptors (Lipinski definition) is 3. The highest BCUT2D eigenvalue weighted by molar-refractivity contribution is 5.94. The molecule has 1 aromatic rings. The summed E-state index contributed by atoms with van der Waals surface area (Å²) in [6.07, 6.45) is 0.755. The summed E-state index contributed by atoms with van der Waals surface area (Å²) in [4.78, 5) is 13.9. The van der Waals surface area contributed by atoms with Crippen LogP contribution < -0.4 is 10.5 Å². The predicted octanol–water partition coefficient (Wildman–Crippen LogP) is 1.64. The number of methoxy groups -OCH3 is 1. The van der Waals surface area contributed by atoms with Crippen LogP contribution in [0.3, 0.4) is 0 Å². The number of piperidine rings is 1. The van der Waals surface area contributed by atoms with E-state index < -0.39 is 5.82 Å². The Labute approximate surface area is 112 Å². The third-order valence-electron chi connectivity index (χ3n) is 3.67. The molecule has 1 aliphatic heterocycles. The number of nitrogens with two attached hydrogens (primary N) is 1. The van der Waals surface area contributed by atoms with E-state index in [0.717, 1.165) is 6.42 Å². The lowest BCUT2D eigenvalue weighted by Gasteiger charge is -2.35. The highest BCUT2D eigenvalue weighted by Gasteiger charge is 2.28. The van der Waals surface area contributed by atoms with Gasteiger partial charge in [0.25, 0.3) is 5.91 Å². The monoisotopic (exact) mass is 266 g/mol. The average Bonchev–Trinajstić information content (AvgIpc) is 2.41. The molecule has 0 radical (unpaired) electrons. The maximum atomic E-state index is 13.9. The third kappa shape index (κ3) is 2.87. The van der Waals surface area contributed by atoms with Gasteiger partial charge in [-0.2, -0.15) is 0 Å². The number of ether oxygens (including phenoxy) is 1. The van der Waals surface area contributed by atoms with Gasteiger partial charge in [-0.15, -0.1) is 0 Å². The number of rotatable bonds is 2. The van der Waals surface area contributed by atoms with Gasteiger partial charge in [-0.1, -0.05) is 6.92 Å². The van der Waals surface area contributed by atoms with Gasteiger partial charge in [0.05, 0.1) is 12.7 Å². The van der Waals surface area contributed by atoms with Crippen molar-refractivity contribution in [2.45, 2.75) is 19.4 Å². The molecule has 2 atom stereocenters. The average molecular weight is 266 g/mol. The fourth-order valence-corrected chi connectivity index (χ4v) is 2.31. The molecule has 19 heavy (non-hydrogen) atoms. The van der Waals surface area contributed by atoms with Crippen LogP contribution in [0, 0.1) is 11.7 Å². The van der Waals surface area contributed by atoms with Crippen LogP contribution in [-0.2, 0) is 0 Å². The fourth-order valence-electron chi connectivity index (χ4n) is 2.31. The molecule has 1 aliphatic rings. The molecule has 0 aliphatic carbocycles. The number of amides is 1. The maximum Gasteiger partial charge on any atom is 0.256 e. The first-order valence-electron chi connectivity index (χ1n) is 6.41. The van der Waals surface area contributed by atoms with E-state index in [9.17, 15) is 9.18 Å². The number of halogens is 1. The quantitative estimate of drug-likeness (QED) is 0.885. The second-order valence-electron chi connectivity index (χ2n) is 5.03. The van der Waals surface area contributed by atoms with Gasteiger partial charge in [0.15, 0.2) is 0 Å². The van der Waals surface area contributed by atoms with E-state index in [1.807, 2.05) is 6.92 Å². The zero-order chi connectivity index (χ0) is 14.0. The van der Waals surface area contributed by atoms with Crippen molar-refractivity contribution in [2.24, 2.45) is 11.7 Å². The summed E-state index contributed by atoms with van der Waals surface area (Å²) in [7, 11) is 1.46. The fraction of sp³-hybridized carbons (Fsp3) is 0.500. The van der Waals surface area contributed by atoms with Crippen molar-refractivity contribution in [2.75, 3.05) is 20.2 Å². The van der Waals surface area contributed by atoms with Crippen molar-refractivity contribution in [3.8, 4) is 5.75 Å². The second kappa shape index (κ2) is 5.57. The predicted molar refractivity (Wildman–Crippen MR) is 70.6 cm³/mol. The summed E-state index contributed by atoms with van der Waals surface area (Å²) in [6, 6.07) is 4.40. The molecule has 0 spiro atoms. The molecule has 1 fully saturated rings. The number of hydrogen-bond donors (Lipinski definition) is 1. The second-order valence-corrected chi connectivity index (χ2v) is 5.03. The first-order valence-corrected chi connectivity index (χ1v) is 6.41. The van der Waals surface area contributed by atoms with E-state index in [1.54, 1.807) is 11.0 Å². The topological polar surface area (TPSA) is 55.6 Å². The first-order chi connectivity index (χ1) is 9.02. The minimum atomic E-state index is -0.549. The molecule has 104 valence electrons. The van der Waals surface area contributed by atoms with E-state index in [4.69, 9.17) is 10.5 Å². The smallest absolute Gasteiger partial charge is 0.256 e. The Morgan fingerprint density at radius 1 is 1.53 bits per heavy atom. The van der Waals surface area contributed by atoms with E-state index in [1.165, 1.54) is 19.2 Å². The molecule has 2 unspecified atom stereocenters. The van der Waals surface area contributed by atoms with Crippen LogP contribution in [0.2, 0.25) is 0 Å². The molecular weight excluding hydrogens is 247 g/mol. The van der Waals surface area contributed by atoms with Gasteiger partial charge in [-0.05, 0) is 24.5 Å². The maximum absolute atomic E-state index is 13.9. The molecule has 5 heteroatoms. The van der Waals surface area contributed by atoms with Crippen molar-refractivity contribution in [3.63, 3.8) is 0 Å². The van der Waals surface area contributed by atoms with Crippen molar-refractivity contribution >= 4 is 5.91 Å². The minimum absolute atomic E-state index is 0.0865. The summed E-state index contributed by atoms with van der Waals surface area (Å²) in [5, 5.41) is 0. The number of likely N-dealkylation sites (tertiary alicyclic amines) is 1. The van der Waals surface area contributed by atoms with E-state index in [-0.39, 0.29) is 23.4 Å². The lowest BCUT2D eigenvalue weighted by Crippen LogP contribution is -2.48. The zero-order valence-corrected chi connectivity index (χ0v) is 11.2. The Hall–Kier alpha value is -1.62. The minimum Gasteiger partial charge on any atom is -0.497 e. The lowest BCUT2D eigenvalue weighted by molar-refractivity contribution is 0.0659. The van der Waals surface area contributed by atoms with Crippen molar-refractivity contribution in [3.05, 3.63) is 29.6 Å². The van der Waals surface area contributed by atoms with Gasteiger partial charge in [0, 0.05) is 25.2 Å². The van der Waals surface area contributed by atoms with Crippen LogP contribution in [0.4, 0.5) is 4.39 Å². The van der Waals surface area contributed by atoms with Crippen LogP contribution in [-0.4, -0.2) is 37.0 Å². The van der Waals surface area contributed by atoms with Gasteiger partial charge in [-0.3, -0.25) is 4.79 Å². The van der Waals surface area contributed by atoms with Crippen LogP contribution in [0.15, 0.2) is 18.2 Å². The normalized spacial score (nSPS) is 23.3. The van der Waals surface area contributed by atoms with E-state index >= 15 is 0 Å². The molecule has 2 rings (SSSR count). The largest absolute Gasteiger partial charge is 0.497 e. The molecule has 1 heterocycles. The number of carbonyl (C=O) groups is 1. The molecule has 0 aromatic heterocycles. The summed E-state index contributed by atoms with van der Waals surface area (Å²) < 4.78 is 18.8. The summed E-state index contributed by atoms with van der Waals surface area (Å²) >= 11 is 0. The SMILES string of the molecule is COc1ccc(C(=O)N2CCC(N)C(C)C2)c(F)c1. The molecule has 2 N–H and O–H groups in total. The lowest BCUT2D eigenvalue weighted by atomic mass is 9.94. The Kier molecular flexibility index (Phi) is 4.04. The number of carbonyl (C=O) groups excluding carboxylic acids is 1. The molecule has 0 saturated carbocycles. The van der Waals surface area contributed by atoms with Gasteiger partial charge in [0.1, 0.15) is 11.6 Å². The van der Waals surface area contributed by atoms with E-state index in [0.29, 0.717) is 18.8 Å². The van der Waals surface area contributed by atoms with Crippen molar-refractivity contribution in [1.29, 1.82) is 0 Å². The van der Waals surface area contributed by atoms with Gasteiger partial charge >= 0.3 is 0 Å². The molecule has 1 aromatic carbocycles. The van der Waals surface area contributed by atoms with Gasteiger partial charge < -0.3 is 15.4 Å². The Bertz CT molecular complexity index is 479. The van der Waals surface area contributed by atoms with Gasteiger partial charge in [0.2, 0.25) is 0 Å². The molecular formula is C14H19FN2O2. The highest BCUT2D eigenvalue weighted by atomic mass is 19.1. The standard InChI is InChI=1S/C14H19FN2O2/c1-9-8-17(6-5-13(9)16)14(18)11-4-3-10(19-2)7-12(11)15/h3-4,7,9,13H,5-6,8,16H2,1-2H3. The van der Waals surface area contributed by atoms with Crippen molar-refractivity contribution in [1.82, 2.24) is 4.90 Å². The molecule has 1 saturated heterocycles. The zero-order valence-electron chi connectivity index (χ0n) is 11.2. The van der Waals surface area contributed by atoms with Gasteiger partial charge in [-0.25, -0.2) is 4.39 Å². The van der Waals surface area contributed by atoms with E-state index in [2.05, 4.69) is 0 Å². The summed E-state index contributed by atoms with van der Waals surface area (Å²) in [6.45, 7) is 3.16. The summed E-state index contributed by atoms with van der Waals surface area (Å²) in [5.74, 6) is -0.187. The number of benzene rings is 1. The van der Waals surface area contributed by atoms with Crippen LogP contribution in [0.5, 0.6) is 5.75 Å². The first kappa shape index (κ1) is 13.8. The number of nitrogens with zero attached hydrogens (tertiary/aromatic N) is 1. The van der Waals surface area contributed by atoms with Crippen molar-refractivity contribution < 1.29 is 13.9 Å². The third-order valence-corrected chi connectivity index (χ3v) is 3.67. The Morgan fingerprint density at radius 3 is 2.84 bits per heavy atom. The molecule has 4 nitrogen and oxygen atoms in total. The van der Waals surface area contributed by atoms with Crippen LogP contribution >= 0.6 is 0 Å². The van der Waals surface area contributed by atoms with Crippen LogP contribution in [0.1, 0.15) is 23.7 Å². The highest BCUT2D eigenvalue weighted by Crippen LogP contribution is 2.21. The summed E-state index contributed by atoms with van der Waals surface area (Å²) in [5.41, 5.74) is 6.01. The molecule has 1 amide bonds. The molecule has 0 bridgehead atoms. The van der Waals surface area contributed by atoms with Crippen LogP contribution in [0.25, 0.3) is 0 Å². The Morgan fingerprint density at radius 2 is 2.26 bits per heavy atom. The Balaban J connectivity index is 2.16.